The summed E-state index contributed by atoms with van der Waals surface area (Å²) in [6.45, 7) is 0. The lowest BCUT2D eigenvalue weighted by Gasteiger charge is -1.94. The van der Waals surface area contributed by atoms with E-state index >= 15 is 0 Å². The molecule has 0 aliphatic carbocycles. The van der Waals surface area contributed by atoms with Gasteiger partial charge in [-0.2, -0.15) is 5.26 Å². The van der Waals surface area contributed by atoms with Crippen molar-refractivity contribution in [1.29, 1.82) is 5.26 Å². The maximum atomic E-state index is 8.78. The number of nitrogens with zero attached hydrogens (tertiary/aromatic N) is 3. The van der Waals surface area contributed by atoms with Crippen LogP contribution in [0, 0.1) is 11.3 Å². The fraction of sp³-hybridized carbons (Fsp3) is 0. The highest BCUT2D eigenvalue weighted by molar-refractivity contribution is 7.17. The van der Waals surface area contributed by atoms with Crippen molar-refractivity contribution in [3.8, 4) is 27.2 Å². The highest BCUT2D eigenvalue weighted by atomic mass is 32.1. The van der Waals surface area contributed by atoms with Gasteiger partial charge in [0.05, 0.1) is 11.6 Å². The molecule has 90 valence electrons. The SMILES string of the molecule is N#Cc1ccc(-c2nnc(-c3ccccc3)s2)cc1. The van der Waals surface area contributed by atoms with E-state index in [9.17, 15) is 0 Å². The Balaban J connectivity index is 1.95. The van der Waals surface area contributed by atoms with Gasteiger partial charge in [0.2, 0.25) is 0 Å². The molecule has 0 bridgehead atoms. The molecule has 19 heavy (non-hydrogen) atoms. The predicted molar refractivity (Wildman–Crippen MR) is 75.5 cm³/mol. The molecule has 0 N–H and O–H groups in total. The number of nitriles is 1. The molecule has 1 aromatic heterocycles. The molecule has 2 aromatic carbocycles. The quantitative estimate of drug-likeness (QED) is 0.707. The van der Waals surface area contributed by atoms with Crippen LogP contribution in [0.1, 0.15) is 5.56 Å². The van der Waals surface area contributed by atoms with E-state index in [4.69, 9.17) is 5.26 Å². The van der Waals surface area contributed by atoms with Crippen LogP contribution in [0.4, 0.5) is 0 Å². The molecule has 3 aromatic rings. The van der Waals surface area contributed by atoms with Crippen LogP contribution >= 0.6 is 11.3 Å². The molecular weight excluding hydrogens is 254 g/mol. The average Bonchev–Trinajstić information content (AvgIpc) is 2.98. The van der Waals surface area contributed by atoms with Gasteiger partial charge in [-0.3, -0.25) is 0 Å². The Labute approximate surface area is 114 Å². The monoisotopic (exact) mass is 263 g/mol. The molecule has 1 heterocycles. The Hall–Kier alpha value is -2.51. The fourth-order valence-corrected chi connectivity index (χ4v) is 2.58. The van der Waals surface area contributed by atoms with Gasteiger partial charge in [-0.1, -0.05) is 53.8 Å². The van der Waals surface area contributed by atoms with Crippen molar-refractivity contribution < 1.29 is 0 Å². The second-order valence-electron chi connectivity index (χ2n) is 3.97. The number of hydrogen-bond acceptors (Lipinski definition) is 4. The van der Waals surface area contributed by atoms with E-state index in [0.29, 0.717) is 5.56 Å². The van der Waals surface area contributed by atoms with Crippen LogP contribution in [0.3, 0.4) is 0 Å². The summed E-state index contributed by atoms with van der Waals surface area (Å²) in [5, 5.41) is 19.0. The lowest BCUT2D eigenvalue weighted by atomic mass is 10.2. The predicted octanol–water partition coefficient (Wildman–Crippen LogP) is 3.74. The zero-order chi connectivity index (χ0) is 13.1. The van der Waals surface area contributed by atoms with Gasteiger partial charge in [-0.25, -0.2) is 0 Å². The van der Waals surface area contributed by atoms with E-state index in [2.05, 4.69) is 16.3 Å². The second-order valence-corrected chi connectivity index (χ2v) is 4.95. The van der Waals surface area contributed by atoms with Crippen LogP contribution < -0.4 is 0 Å². The Bertz CT molecular complexity index is 724. The van der Waals surface area contributed by atoms with Gasteiger partial charge < -0.3 is 0 Å². The summed E-state index contributed by atoms with van der Waals surface area (Å²) < 4.78 is 0. The first-order valence-corrected chi connectivity index (χ1v) is 6.58. The van der Waals surface area contributed by atoms with Gasteiger partial charge in [0, 0.05) is 11.1 Å². The van der Waals surface area contributed by atoms with Crippen molar-refractivity contribution in [2.24, 2.45) is 0 Å². The number of aromatic nitrogens is 2. The minimum absolute atomic E-state index is 0.650. The minimum atomic E-state index is 0.650. The third-order valence-corrected chi connectivity index (χ3v) is 3.73. The molecule has 4 heteroatoms. The molecule has 0 amide bonds. The van der Waals surface area contributed by atoms with E-state index in [1.54, 1.807) is 23.5 Å². The molecule has 0 aliphatic rings. The highest BCUT2D eigenvalue weighted by Gasteiger charge is 2.08. The van der Waals surface area contributed by atoms with Crippen molar-refractivity contribution in [1.82, 2.24) is 10.2 Å². The minimum Gasteiger partial charge on any atom is -0.192 e. The zero-order valence-electron chi connectivity index (χ0n) is 9.95. The first kappa shape index (κ1) is 11.6. The Kier molecular flexibility index (Phi) is 3.05. The van der Waals surface area contributed by atoms with Crippen molar-refractivity contribution in [3.63, 3.8) is 0 Å². The molecule has 0 aliphatic heterocycles. The summed E-state index contributed by atoms with van der Waals surface area (Å²) in [7, 11) is 0. The van der Waals surface area contributed by atoms with Crippen LogP contribution in [0.15, 0.2) is 54.6 Å². The average molecular weight is 263 g/mol. The molecule has 3 nitrogen and oxygen atoms in total. The summed E-state index contributed by atoms with van der Waals surface area (Å²) >= 11 is 1.55. The maximum Gasteiger partial charge on any atom is 0.148 e. The van der Waals surface area contributed by atoms with Gasteiger partial charge in [0.1, 0.15) is 10.0 Å². The first-order valence-electron chi connectivity index (χ1n) is 5.76. The van der Waals surface area contributed by atoms with Gasteiger partial charge >= 0.3 is 0 Å². The molecule has 0 spiro atoms. The Morgan fingerprint density at radius 3 is 1.95 bits per heavy atom. The molecule has 0 saturated carbocycles. The third-order valence-electron chi connectivity index (χ3n) is 2.71. The summed E-state index contributed by atoms with van der Waals surface area (Å²) in [6.07, 6.45) is 0. The van der Waals surface area contributed by atoms with Gasteiger partial charge in [0.25, 0.3) is 0 Å². The summed E-state index contributed by atoms with van der Waals surface area (Å²) in [5.41, 5.74) is 2.70. The van der Waals surface area contributed by atoms with Gasteiger partial charge in [-0.15, -0.1) is 10.2 Å². The van der Waals surface area contributed by atoms with Crippen LogP contribution in [0.5, 0.6) is 0 Å². The Morgan fingerprint density at radius 2 is 1.37 bits per heavy atom. The molecule has 0 fully saturated rings. The van der Waals surface area contributed by atoms with Crippen LogP contribution in [0.2, 0.25) is 0 Å². The lowest BCUT2D eigenvalue weighted by Crippen LogP contribution is -1.78. The Morgan fingerprint density at radius 1 is 0.789 bits per heavy atom. The molecule has 0 saturated heterocycles. The lowest BCUT2D eigenvalue weighted by molar-refractivity contribution is 1.10. The van der Waals surface area contributed by atoms with E-state index < -0.39 is 0 Å². The smallest absolute Gasteiger partial charge is 0.148 e. The molecule has 0 radical (unpaired) electrons. The highest BCUT2D eigenvalue weighted by Crippen LogP contribution is 2.29. The molecule has 0 atom stereocenters. The van der Waals surface area contributed by atoms with Crippen molar-refractivity contribution >= 4 is 11.3 Å². The third kappa shape index (κ3) is 2.37. The standard InChI is InChI=1S/C15H9N3S/c16-10-11-6-8-13(9-7-11)15-18-17-14(19-15)12-4-2-1-3-5-12/h1-9H. The van der Waals surface area contributed by atoms with Crippen LogP contribution in [-0.4, -0.2) is 10.2 Å². The van der Waals surface area contributed by atoms with E-state index in [-0.39, 0.29) is 0 Å². The maximum absolute atomic E-state index is 8.78. The molecular formula is C15H9N3S. The van der Waals surface area contributed by atoms with Crippen LogP contribution in [0.25, 0.3) is 21.1 Å². The van der Waals surface area contributed by atoms with E-state index in [1.165, 1.54) is 0 Å². The number of hydrogen-bond donors (Lipinski definition) is 0. The van der Waals surface area contributed by atoms with E-state index in [0.717, 1.165) is 21.1 Å². The van der Waals surface area contributed by atoms with Crippen LogP contribution in [-0.2, 0) is 0 Å². The fourth-order valence-electron chi connectivity index (χ4n) is 1.72. The van der Waals surface area contributed by atoms with E-state index in [1.807, 2.05) is 42.5 Å². The topological polar surface area (TPSA) is 49.6 Å². The normalized spacial score (nSPS) is 10.1. The van der Waals surface area contributed by atoms with Crippen molar-refractivity contribution in [2.45, 2.75) is 0 Å². The molecule has 0 unspecified atom stereocenters. The largest absolute Gasteiger partial charge is 0.192 e. The number of benzene rings is 2. The summed E-state index contributed by atoms with van der Waals surface area (Å²) in [4.78, 5) is 0. The zero-order valence-corrected chi connectivity index (χ0v) is 10.8. The molecule has 3 rings (SSSR count). The first-order chi connectivity index (χ1) is 9.36. The van der Waals surface area contributed by atoms with Gasteiger partial charge in [-0.05, 0) is 12.1 Å². The van der Waals surface area contributed by atoms with Crippen molar-refractivity contribution in [2.75, 3.05) is 0 Å². The summed E-state index contributed by atoms with van der Waals surface area (Å²) in [5.74, 6) is 0. The second kappa shape index (κ2) is 5.01. The van der Waals surface area contributed by atoms with Gasteiger partial charge in [0.15, 0.2) is 0 Å². The van der Waals surface area contributed by atoms with Crippen molar-refractivity contribution in [3.05, 3.63) is 60.2 Å². The summed E-state index contributed by atoms with van der Waals surface area (Å²) in [6, 6.07) is 19.5. The number of rotatable bonds is 2.